The summed E-state index contributed by atoms with van der Waals surface area (Å²) in [6.07, 6.45) is -0.901. The van der Waals surface area contributed by atoms with Gasteiger partial charge in [0.25, 0.3) is 0 Å². The molecule has 0 heterocycles. The van der Waals surface area contributed by atoms with Crippen molar-refractivity contribution in [2.45, 2.75) is 24.0 Å². The van der Waals surface area contributed by atoms with E-state index in [2.05, 4.69) is 0 Å². The van der Waals surface area contributed by atoms with Crippen molar-refractivity contribution in [3.05, 3.63) is 78.4 Å². The molecule has 0 fully saturated rings. The highest BCUT2D eigenvalue weighted by atomic mass is 32.2. The summed E-state index contributed by atoms with van der Waals surface area (Å²) >= 11 is 0. The summed E-state index contributed by atoms with van der Waals surface area (Å²) in [6.45, 7) is 1.70. The molecular formula is C20H21NO3S. The monoisotopic (exact) mass is 355 g/mol. The van der Waals surface area contributed by atoms with Crippen molar-refractivity contribution in [3.63, 3.8) is 0 Å². The van der Waals surface area contributed by atoms with Crippen LogP contribution in [0, 0.1) is 0 Å². The highest BCUT2D eigenvalue weighted by Gasteiger charge is 2.30. The van der Waals surface area contributed by atoms with Crippen molar-refractivity contribution in [1.29, 1.82) is 0 Å². The molecule has 0 aliphatic carbocycles. The summed E-state index contributed by atoms with van der Waals surface area (Å²) in [5.41, 5.74) is 0.690. The molecule has 0 spiro atoms. The lowest BCUT2D eigenvalue weighted by molar-refractivity contribution is 0.108. The van der Waals surface area contributed by atoms with E-state index >= 15 is 0 Å². The summed E-state index contributed by atoms with van der Waals surface area (Å²) in [6, 6.07) is 21.2. The van der Waals surface area contributed by atoms with Gasteiger partial charge in [0.2, 0.25) is 10.0 Å². The first-order chi connectivity index (χ1) is 11.9. The Morgan fingerprint density at radius 2 is 1.48 bits per heavy atom. The van der Waals surface area contributed by atoms with E-state index in [1.54, 1.807) is 37.3 Å². The van der Waals surface area contributed by atoms with E-state index in [1.807, 2.05) is 42.5 Å². The number of fused-ring (bicyclic) bond motifs is 1. The molecule has 1 N–H and O–H groups in total. The van der Waals surface area contributed by atoms with E-state index in [4.69, 9.17) is 0 Å². The number of aliphatic hydroxyl groups excluding tert-OH is 1. The van der Waals surface area contributed by atoms with Crippen LogP contribution in [0.5, 0.6) is 0 Å². The Morgan fingerprint density at radius 3 is 2.16 bits per heavy atom. The second-order valence-electron chi connectivity index (χ2n) is 6.13. The molecular weight excluding hydrogens is 334 g/mol. The molecule has 0 amide bonds. The molecule has 25 heavy (non-hydrogen) atoms. The lowest BCUT2D eigenvalue weighted by Crippen LogP contribution is -2.39. The van der Waals surface area contributed by atoms with E-state index in [-0.39, 0.29) is 4.90 Å². The van der Waals surface area contributed by atoms with Crippen molar-refractivity contribution < 1.29 is 13.5 Å². The summed E-state index contributed by atoms with van der Waals surface area (Å²) < 4.78 is 27.2. The van der Waals surface area contributed by atoms with E-state index in [9.17, 15) is 13.5 Å². The molecule has 2 atom stereocenters. The molecule has 4 nitrogen and oxygen atoms in total. The van der Waals surface area contributed by atoms with Crippen molar-refractivity contribution in [1.82, 2.24) is 4.31 Å². The molecule has 130 valence electrons. The zero-order valence-electron chi connectivity index (χ0n) is 14.2. The Balaban J connectivity index is 1.92. The van der Waals surface area contributed by atoms with Gasteiger partial charge in [-0.25, -0.2) is 8.42 Å². The molecule has 0 saturated heterocycles. The van der Waals surface area contributed by atoms with Crippen molar-refractivity contribution in [2.24, 2.45) is 0 Å². The Hall–Kier alpha value is -2.21. The lowest BCUT2D eigenvalue weighted by atomic mass is 10.0. The summed E-state index contributed by atoms with van der Waals surface area (Å²) in [5, 5.41) is 12.4. The van der Waals surface area contributed by atoms with Crippen molar-refractivity contribution in [3.8, 4) is 0 Å². The van der Waals surface area contributed by atoms with Gasteiger partial charge in [0, 0.05) is 7.05 Å². The van der Waals surface area contributed by atoms with Gasteiger partial charge in [0.15, 0.2) is 0 Å². The summed E-state index contributed by atoms with van der Waals surface area (Å²) in [5.74, 6) is 0. The first-order valence-electron chi connectivity index (χ1n) is 8.11. The minimum absolute atomic E-state index is 0.223. The highest BCUT2D eigenvalue weighted by molar-refractivity contribution is 7.89. The third-order valence-electron chi connectivity index (χ3n) is 4.57. The Labute approximate surface area is 148 Å². The van der Waals surface area contributed by atoms with Gasteiger partial charge < -0.3 is 5.11 Å². The van der Waals surface area contributed by atoms with Crippen LogP contribution in [0.2, 0.25) is 0 Å². The van der Waals surface area contributed by atoms with Gasteiger partial charge in [-0.05, 0) is 35.4 Å². The number of benzene rings is 3. The van der Waals surface area contributed by atoms with E-state index in [1.165, 1.54) is 11.4 Å². The molecule has 0 radical (unpaired) electrons. The SMILES string of the molecule is C[C@H]([C@@H](O)c1ccccc1)N(C)S(=O)(=O)c1ccc2ccccc2c1. The Morgan fingerprint density at radius 1 is 0.880 bits per heavy atom. The van der Waals surface area contributed by atoms with Gasteiger partial charge in [-0.3, -0.25) is 0 Å². The highest BCUT2D eigenvalue weighted by Crippen LogP contribution is 2.26. The topological polar surface area (TPSA) is 57.6 Å². The van der Waals surface area contributed by atoms with Gasteiger partial charge in [-0.2, -0.15) is 4.31 Å². The number of hydrogen-bond donors (Lipinski definition) is 1. The molecule has 5 heteroatoms. The summed E-state index contributed by atoms with van der Waals surface area (Å²) in [7, 11) is -2.21. The largest absolute Gasteiger partial charge is 0.387 e. The molecule has 0 aliphatic rings. The molecule has 3 aromatic rings. The van der Waals surface area contributed by atoms with Crippen LogP contribution in [0.4, 0.5) is 0 Å². The molecule has 0 aromatic heterocycles. The van der Waals surface area contributed by atoms with Crippen LogP contribution in [0.15, 0.2) is 77.7 Å². The van der Waals surface area contributed by atoms with Gasteiger partial charge in [0.1, 0.15) is 0 Å². The molecule has 3 aromatic carbocycles. The third-order valence-corrected chi connectivity index (χ3v) is 6.51. The standard InChI is InChI=1S/C20H21NO3S/c1-15(20(22)17-9-4-3-5-10-17)21(2)25(23,24)19-13-12-16-8-6-7-11-18(16)14-19/h3-15,20,22H,1-2H3/t15-,20-/m1/s1. The van der Waals surface area contributed by atoms with Gasteiger partial charge in [-0.1, -0.05) is 60.7 Å². The van der Waals surface area contributed by atoms with Crippen LogP contribution in [-0.4, -0.2) is 30.9 Å². The van der Waals surface area contributed by atoms with Gasteiger partial charge in [-0.15, -0.1) is 0 Å². The Kier molecular flexibility index (Phi) is 4.90. The number of rotatable bonds is 5. The fraction of sp³-hybridized carbons (Fsp3) is 0.200. The maximum absolute atomic E-state index is 13.0. The van der Waals surface area contributed by atoms with Crippen molar-refractivity contribution >= 4 is 20.8 Å². The van der Waals surface area contributed by atoms with Crippen LogP contribution in [-0.2, 0) is 10.0 Å². The number of likely N-dealkylation sites (N-methyl/N-ethyl adjacent to an activating group) is 1. The smallest absolute Gasteiger partial charge is 0.243 e. The minimum atomic E-state index is -3.71. The van der Waals surface area contributed by atoms with Crippen LogP contribution in [0.25, 0.3) is 10.8 Å². The zero-order valence-corrected chi connectivity index (χ0v) is 15.0. The Bertz CT molecular complexity index is 970. The van der Waals surface area contributed by atoms with Gasteiger partial charge in [0.05, 0.1) is 17.0 Å². The average molecular weight is 355 g/mol. The molecule has 0 aliphatic heterocycles. The zero-order chi connectivity index (χ0) is 18.0. The fourth-order valence-electron chi connectivity index (χ4n) is 2.84. The fourth-order valence-corrected chi connectivity index (χ4v) is 4.24. The second kappa shape index (κ2) is 6.96. The minimum Gasteiger partial charge on any atom is -0.387 e. The number of aliphatic hydroxyl groups is 1. The molecule has 0 saturated carbocycles. The van der Waals surface area contributed by atoms with Crippen LogP contribution >= 0.6 is 0 Å². The maximum Gasteiger partial charge on any atom is 0.243 e. The first-order valence-corrected chi connectivity index (χ1v) is 9.55. The van der Waals surface area contributed by atoms with Crippen molar-refractivity contribution in [2.75, 3.05) is 7.05 Å². The predicted molar refractivity (Wildman–Crippen MR) is 99.8 cm³/mol. The number of sulfonamides is 1. The second-order valence-corrected chi connectivity index (χ2v) is 8.12. The molecule has 0 unspecified atom stereocenters. The van der Waals surface area contributed by atoms with E-state index < -0.39 is 22.2 Å². The van der Waals surface area contributed by atoms with Crippen LogP contribution in [0.1, 0.15) is 18.6 Å². The number of hydrogen-bond acceptors (Lipinski definition) is 3. The first kappa shape index (κ1) is 17.6. The van der Waals surface area contributed by atoms with Crippen LogP contribution < -0.4 is 0 Å². The van der Waals surface area contributed by atoms with Gasteiger partial charge >= 0.3 is 0 Å². The summed E-state index contributed by atoms with van der Waals surface area (Å²) in [4.78, 5) is 0.223. The van der Waals surface area contributed by atoms with Crippen LogP contribution in [0.3, 0.4) is 0 Å². The third kappa shape index (κ3) is 3.44. The molecule has 0 bridgehead atoms. The van der Waals surface area contributed by atoms with E-state index in [0.29, 0.717) is 5.56 Å². The van der Waals surface area contributed by atoms with E-state index in [0.717, 1.165) is 10.8 Å². The average Bonchev–Trinajstić information content (AvgIpc) is 2.66. The quantitative estimate of drug-likeness (QED) is 0.761. The number of nitrogens with zero attached hydrogens (tertiary/aromatic N) is 1. The molecule has 3 rings (SSSR count). The predicted octanol–water partition coefficient (Wildman–Crippen LogP) is 3.58. The lowest BCUT2D eigenvalue weighted by Gasteiger charge is -2.28. The normalized spacial score (nSPS) is 14.6. The maximum atomic E-state index is 13.0.